The number of ether oxygens (including phenoxy) is 6. The molecule has 0 bridgehead atoms. The van der Waals surface area contributed by atoms with Gasteiger partial charge in [-0.2, -0.15) is 0 Å². The molecule has 0 aromatic heterocycles. The largest absolute Gasteiger partial charge is 0.479 e. The minimum absolute atomic E-state index is 0.0740. The molecule has 68 heavy (non-hydrogen) atoms. The molecule has 3 heterocycles. The molecule has 0 spiro atoms. The van der Waals surface area contributed by atoms with E-state index in [0.717, 1.165) is 39.0 Å². The molecule has 0 radical (unpaired) electrons. The third kappa shape index (κ3) is 7.86. The summed E-state index contributed by atoms with van der Waals surface area (Å²) in [5.74, 6) is -1.98. The number of hydrogen-bond donors (Lipinski definition) is 11. The lowest BCUT2D eigenvalue weighted by Gasteiger charge is -2.71. The minimum atomic E-state index is -2.34. The summed E-state index contributed by atoms with van der Waals surface area (Å²) in [6.07, 6.45) is -14.8. The number of rotatable bonds is 9. The highest BCUT2D eigenvalue weighted by Crippen LogP contribution is 2.76. The lowest BCUT2D eigenvalue weighted by molar-refractivity contribution is -0.386. The van der Waals surface area contributed by atoms with E-state index in [0.29, 0.717) is 32.1 Å². The molecular weight excluding hydrogens is 893 g/mol. The predicted octanol–water partition coefficient (Wildman–Crippen LogP) is 0.623. The van der Waals surface area contributed by atoms with Crippen molar-refractivity contribution in [2.75, 3.05) is 13.2 Å². The first-order chi connectivity index (χ1) is 31.6. The summed E-state index contributed by atoms with van der Waals surface area (Å²) in [5, 5.41) is 116. The van der Waals surface area contributed by atoms with E-state index in [2.05, 4.69) is 54.5 Å². The lowest BCUT2D eigenvalue weighted by Crippen LogP contribution is -2.70. The van der Waals surface area contributed by atoms with Crippen LogP contribution < -0.4 is 0 Å². The van der Waals surface area contributed by atoms with E-state index in [1.54, 1.807) is 0 Å². The minimum Gasteiger partial charge on any atom is -0.479 e. The number of allylic oxidation sites excluding steroid dienone is 2. The Morgan fingerprint density at radius 2 is 1.25 bits per heavy atom. The highest BCUT2D eigenvalue weighted by Gasteiger charge is 2.70. The second-order valence-corrected chi connectivity index (χ2v) is 24.1. The zero-order valence-electron chi connectivity index (χ0n) is 40.6. The molecule has 0 aromatic carbocycles. The smallest absolute Gasteiger partial charge is 0.338 e. The number of carboxylic acid groups (broad SMARTS) is 1. The number of aliphatic hydroxyl groups excluding tert-OH is 10. The number of aliphatic carboxylic acids is 1. The Morgan fingerprint density at radius 1 is 0.662 bits per heavy atom. The maximum atomic E-state index is 14.7. The molecule has 19 nitrogen and oxygen atoms in total. The summed E-state index contributed by atoms with van der Waals surface area (Å²) in [4.78, 5) is 27.3. The van der Waals surface area contributed by atoms with Crippen LogP contribution in [0, 0.1) is 50.2 Å². The van der Waals surface area contributed by atoms with Crippen molar-refractivity contribution >= 4 is 11.9 Å². The average Bonchev–Trinajstić information content (AvgIpc) is 3.27. The van der Waals surface area contributed by atoms with Gasteiger partial charge < -0.3 is 84.6 Å². The van der Waals surface area contributed by atoms with Crippen molar-refractivity contribution in [1.29, 1.82) is 0 Å². The van der Waals surface area contributed by atoms with Gasteiger partial charge in [0.05, 0.1) is 24.7 Å². The van der Waals surface area contributed by atoms with E-state index >= 15 is 0 Å². The Balaban J connectivity index is 1.06. The van der Waals surface area contributed by atoms with Gasteiger partial charge in [0.2, 0.25) is 6.29 Å². The summed E-state index contributed by atoms with van der Waals surface area (Å²) >= 11 is 0. The van der Waals surface area contributed by atoms with Crippen LogP contribution in [0.5, 0.6) is 0 Å². The van der Waals surface area contributed by atoms with E-state index < -0.39 is 134 Å². The average molecular weight is 971 g/mol. The van der Waals surface area contributed by atoms with Crippen molar-refractivity contribution in [3.05, 3.63) is 11.6 Å². The van der Waals surface area contributed by atoms with Crippen LogP contribution in [0.15, 0.2) is 11.6 Å². The maximum absolute atomic E-state index is 14.7. The van der Waals surface area contributed by atoms with E-state index in [4.69, 9.17) is 28.4 Å². The van der Waals surface area contributed by atoms with Crippen LogP contribution in [0.1, 0.15) is 120 Å². The van der Waals surface area contributed by atoms with Crippen LogP contribution in [0.3, 0.4) is 0 Å². The quantitative estimate of drug-likeness (QED) is 0.0857. The van der Waals surface area contributed by atoms with E-state index in [-0.39, 0.29) is 39.4 Å². The zero-order valence-corrected chi connectivity index (χ0v) is 40.6. The molecule has 19 heteroatoms. The van der Waals surface area contributed by atoms with Crippen molar-refractivity contribution in [2.45, 2.75) is 217 Å². The first kappa shape index (κ1) is 52.4. The third-order valence-corrected chi connectivity index (χ3v) is 19.8. The number of carboxylic acids is 1. The van der Waals surface area contributed by atoms with Crippen molar-refractivity contribution in [3.8, 4) is 0 Å². The van der Waals surface area contributed by atoms with Crippen LogP contribution in [-0.2, 0) is 38.0 Å². The summed E-state index contributed by atoms with van der Waals surface area (Å²) in [5.41, 5.74) is -3.43. The number of hydrogen-bond acceptors (Lipinski definition) is 18. The molecule has 0 aromatic rings. The molecule has 5 aliphatic carbocycles. The summed E-state index contributed by atoms with van der Waals surface area (Å²) < 4.78 is 36.0. The van der Waals surface area contributed by atoms with Crippen molar-refractivity contribution in [1.82, 2.24) is 0 Å². The summed E-state index contributed by atoms with van der Waals surface area (Å²) in [6.45, 7) is 15.5. The number of carbonyl (C=O) groups excluding carboxylic acids is 1. The van der Waals surface area contributed by atoms with Crippen LogP contribution in [0.25, 0.3) is 0 Å². The molecule has 7 fully saturated rings. The first-order valence-electron chi connectivity index (χ1n) is 24.7. The van der Waals surface area contributed by atoms with Gasteiger partial charge in [0.15, 0.2) is 18.2 Å². The van der Waals surface area contributed by atoms with Gasteiger partial charge in [-0.3, -0.25) is 4.79 Å². The van der Waals surface area contributed by atoms with E-state index in [1.165, 1.54) is 5.57 Å². The summed E-state index contributed by atoms with van der Waals surface area (Å²) in [6, 6.07) is 0. The molecule has 0 unspecified atom stereocenters. The Hall–Kier alpha value is -1.92. The maximum Gasteiger partial charge on any atom is 0.338 e. The number of aliphatic hydroxyl groups is 10. The van der Waals surface area contributed by atoms with E-state index in [9.17, 15) is 65.8 Å². The molecule has 0 amide bonds. The Morgan fingerprint density at radius 3 is 1.85 bits per heavy atom. The Kier molecular flexibility index (Phi) is 13.8. The van der Waals surface area contributed by atoms with Crippen molar-refractivity contribution in [2.24, 2.45) is 50.2 Å². The zero-order chi connectivity index (χ0) is 50.1. The van der Waals surface area contributed by atoms with Crippen LogP contribution in [0.4, 0.5) is 0 Å². The fraction of sp³-hybridized carbons (Fsp3) is 0.918. The Labute approximate surface area is 397 Å². The van der Waals surface area contributed by atoms with Crippen LogP contribution in [0.2, 0.25) is 0 Å². The van der Waals surface area contributed by atoms with Crippen molar-refractivity contribution in [3.63, 3.8) is 0 Å². The Bertz CT molecular complexity index is 1930. The topological polar surface area (TPSA) is 312 Å². The fourth-order valence-electron chi connectivity index (χ4n) is 15.2. The molecular formula is C49H78O19. The normalized spacial score (nSPS) is 53.1. The molecule has 11 N–H and O–H groups in total. The van der Waals surface area contributed by atoms with Crippen molar-refractivity contribution < 1.29 is 94.2 Å². The van der Waals surface area contributed by atoms with Gasteiger partial charge in [0.1, 0.15) is 67.1 Å². The number of esters is 1. The van der Waals surface area contributed by atoms with Gasteiger partial charge >= 0.3 is 11.9 Å². The molecule has 23 atom stereocenters. The molecule has 8 rings (SSSR count). The van der Waals surface area contributed by atoms with Gasteiger partial charge in [-0.05, 0) is 116 Å². The lowest BCUT2D eigenvalue weighted by atomic mass is 9.33. The van der Waals surface area contributed by atoms with Gasteiger partial charge in [0, 0.05) is 0 Å². The monoisotopic (exact) mass is 971 g/mol. The summed E-state index contributed by atoms with van der Waals surface area (Å²) in [7, 11) is 0. The van der Waals surface area contributed by atoms with Crippen LogP contribution >= 0.6 is 0 Å². The second-order valence-electron chi connectivity index (χ2n) is 24.1. The fourth-order valence-corrected chi connectivity index (χ4v) is 15.2. The van der Waals surface area contributed by atoms with Gasteiger partial charge in [-0.1, -0.05) is 60.1 Å². The third-order valence-electron chi connectivity index (χ3n) is 19.8. The molecule has 4 saturated carbocycles. The van der Waals surface area contributed by atoms with Gasteiger partial charge in [-0.15, -0.1) is 0 Å². The molecule has 388 valence electrons. The molecule has 3 aliphatic heterocycles. The highest BCUT2D eigenvalue weighted by molar-refractivity contribution is 5.79. The molecule has 8 aliphatic rings. The highest BCUT2D eigenvalue weighted by atomic mass is 16.8. The number of carbonyl (C=O) groups is 2. The standard InChI is InChI=1S/C49H78O19/c1-43(2)15-17-49(42(62)67-39-34(57)32(55)30(53)25(21-51)64-39)18-16-46(6)22(23(49)19-43)9-10-27-45(5)13-12-28(44(3,4)26(45)11-14-47(27,46)7)65-40-36(35(58)37(59)48(8,68-40)41(60)61)66-38-33(56)31(54)29(52)24(20-50)63-38/h9,23-40,50-59H,10-21H2,1-8H3,(H,60,61)/t23-,24-,25-,26-,27-,28+,29-,30-,31+,32+,33-,34-,35-,36-,37+,38+,39+,40-,45-,46-,47-,48-,49-/m1/s1. The van der Waals surface area contributed by atoms with E-state index in [1.807, 2.05) is 0 Å². The molecule has 3 saturated heterocycles. The van der Waals surface area contributed by atoms with Crippen LogP contribution in [-0.4, -0.2) is 179 Å². The predicted molar refractivity (Wildman–Crippen MR) is 235 cm³/mol. The SMILES string of the molecule is CC1(C)CC[C@@]2(C(=O)O[C@@H]3O[C@H](CO)[C@@H](O)[C@H](O)[C@H]3O)CC[C@]3(C)C(=CC[C@@H]4[C@]5(C)CC[C@H](O[C@@H]6O[C@@](C)(C(=O)O)[C@@H](O)[C@H](O)[C@H]6O[C@@H]6O[C@H](CO)[C@@H](O)[C@H](O)[C@H]6O)C(C)(C)[C@H]5CC[C@]43C)[C@H]2C1. The first-order valence-corrected chi connectivity index (χ1v) is 24.7. The van der Waals surface area contributed by atoms with Gasteiger partial charge in [0.25, 0.3) is 0 Å². The number of fused-ring (bicyclic) bond motifs is 7. The van der Waals surface area contributed by atoms with Gasteiger partial charge in [-0.25, -0.2) is 4.79 Å². The second kappa shape index (κ2) is 17.9.